The van der Waals surface area contributed by atoms with E-state index in [2.05, 4.69) is 0 Å². The van der Waals surface area contributed by atoms with Crippen LogP contribution in [0.5, 0.6) is 0 Å². The lowest BCUT2D eigenvalue weighted by Gasteiger charge is -2.32. The van der Waals surface area contributed by atoms with Gasteiger partial charge in [-0.05, 0) is 25.0 Å². The van der Waals surface area contributed by atoms with Crippen molar-refractivity contribution in [3.05, 3.63) is 35.4 Å². The first-order valence-corrected chi connectivity index (χ1v) is 8.75. The molecule has 2 aliphatic heterocycles. The largest absolute Gasteiger partial charge is 0.405 e. The van der Waals surface area contributed by atoms with Gasteiger partial charge in [0.25, 0.3) is 11.8 Å². The summed E-state index contributed by atoms with van der Waals surface area (Å²) < 4.78 is 36.5. The Labute approximate surface area is 158 Å². The Hall–Kier alpha value is -2.91. The number of carbonyl (C=O) groups excluding carboxylic acids is 4. The molecular weight excluding hydrogens is 379 g/mol. The number of hydrogen-bond acceptors (Lipinski definition) is 4. The standard InChI is InChI=1S/C18H18F3N3O4/c19-18(20,21)10-22-15(26)11-5-7-23(8-6-11)14(25)9-24-16(27)12-3-1-2-4-13(12)17(24)28/h1-4,11H,5-10H2,(H,22,26). The minimum absolute atomic E-state index is 0.173. The van der Waals surface area contributed by atoms with Crippen LogP contribution in [0.2, 0.25) is 0 Å². The number of hydrogen-bond donors (Lipinski definition) is 1. The molecule has 0 radical (unpaired) electrons. The Morgan fingerprint density at radius 1 is 1.04 bits per heavy atom. The number of fused-ring (bicyclic) bond motifs is 1. The molecule has 1 aromatic carbocycles. The summed E-state index contributed by atoms with van der Waals surface area (Å²) in [6, 6.07) is 6.30. The molecule has 1 saturated heterocycles. The van der Waals surface area contributed by atoms with Gasteiger partial charge in [-0.2, -0.15) is 13.2 Å². The number of halogens is 3. The van der Waals surface area contributed by atoms with E-state index in [9.17, 15) is 32.3 Å². The SMILES string of the molecule is O=C(NCC(F)(F)F)C1CCN(C(=O)CN2C(=O)c3ccccc3C2=O)CC1. The number of alkyl halides is 3. The van der Waals surface area contributed by atoms with Crippen molar-refractivity contribution in [1.29, 1.82) is 0 Å². The topological polar surface area (TPSA) is 86.8 Å². The van der Waals surface area contributed by atoms with Crippen molar-refractivity contribution in [1.82, 2.24) is 15.1 Å². The Morgan fingerprint density at radius 2 is 1.57 bits per heavy atom. The van der Waals surface area contributed by atoms with Crippen LogP contribution >= 0.6 is 0 Å². The molecule has 0 saturated carbocycles. The van der Waals surface area contributed by atoms with Gasteiger partial charge in [0.1, 0.15) is 13.1 Å². The molecule has 1 fully saturated rings. The first-order valence-electron chi connectivity index (χ1n) is 8.75. The monoisotopic (exact) mass is 397 g/mol. The van der Waals surface area contributed by atoms with Crippen molar-refractivity contribution >= 4 is 23.6 Å². The van der Waals surface area contributed by atoms with Gasteiger partial charge in [0.2, 0.25) is 11.8 Å². The van der Waals surface area contributed by atoms with Crippen LogP contribution in [0, 0.1) is 5.92 Å². The molecule has 1 N–H and O–H groups in total. The second-order valence-electron chi connectivity index (χ2n) is 6.73. The van der Waals surface area contributed by atoms with Gasteiger partial charge in [-0.3, -0.25) is 24.1 Å². The van der Waals surface area contributed by atoms with Crippen LogP contribution in [0.25, 0.3) is 0 Å². The first kappa shape index (κ1) is 19.8. The lowest BCUT2D eigenvalue weighted by molar-refractivity contribution is -0.143. The third kappa shape index (κ3) is 4.15. The van der Waals surface area contributed by atoms with Gasteiger partial charge >= 0.3 is 6.18 Å². The maximum atomic E-state index is 12.5. The average Bonchev–Trinajstić information content (AvgIpc) is 2.91. The second kappa shape index (κ2) is 7.61. The van der Waals surface area contributed by atoms with Gasteiger partial charge in [-0.15, -0.1) is 0 Å². The van der Waals surface area contributed by atoms with E-state index >= 15 is 0 Å². The number of nitrogens with one attached hydrogen (secondary N) is 1. The van der Waals surface area contributed by atoms with E-state index in [1.165, 1.54) is 17.0 Å². The maximum Gasteiger partial charge on any atom is 0.405 e. The van der Waals surface area contributed by atoms with Crippen molar-refractivity contribution in [2.75, 3.05) is 26.2 Å². The molecule has 3 rings (SSSR count). The highest BCUT2D eigenvalue weighted by Crippen LogP contribution is 2.23. The normalized spacial score (nSPS) is 17.7. The number of rotatable bonds is 4. The molecular formula is C18H18F3N3O4. The molecule has 28 heavy (non-hydrogen) atoms. The highest BCUT2D eigenvalue weighted by Gasteiger charge is 2.38. The summed E-state index contributed by atoms with van der Waals surface area (Å²) in [7, 11) is 0. The Balaban J connectivity index is 1.52. The Morgan fingerprint density at radius 3 is 2.07 bits per heavy atom. The van der Waals surface area contributed by atoms with Gasteiger partial charge in [-0.25, -0.2) is 0 Å². The van der Waals surface area contributed by atoms with E-state index < -0.39 is 48.8 Å². The van der Waals surface area contributed by atoms with Gasteiger partial charge in [0.05, 0.1) is 11.1 Å². The van der Waals surface area contributed by atoms with Crippen molar-refractivity contribution in [2.24, 2.45) is 5.92 Å². The summed E-state index contributed by atoms with van der Waals surface area (Å²) in [6.07, 6.45) is -4.03. The number of imide groups is 1. The molecule has 0 unspecified atom stereocenters. The van der Waals surface area contributed by atoms with Crippen LogP contribution < -0.4 is 5.32 Å². The fraction of sp³-hybridized carbons (Fsp3) is 0.444. The lowest BCUT2D eigenvalue weighted by Crippen LogP contribution is -2.48. The molecule has 150 valence electrons. The van der Waals surface area contributed by atoms with Gasteiger partial charge in [-0.1, -0.05) is 12.1 Å². The number of likely N-dealkylation sites (tertiary alicyclic amines) is 1. The molecule has 0 aliphatic carbocycles. The number of nitrogens with zero attached hydrogens (tertiary/aromatic N) is 2. The third-order valence-electron chi connectivity index (χ3n) is 4.85. The molecule has 2 aliphatic rings. The van der Waals surface area contributed by atoms with Crippen molar-refractivity contribution < 1.29 is 32.3 Å². The molecule has 2 heterocycles. The number of piperidine rings is 1. The zero-order valence-corrected chi connectivity index (χ0v) is 14.8. The molecule has 0 spiro atoms. The highest BCUT2D eigenvalue weighted by molar-refractivity contribution is 6.22. The summed E-state index contributed by atoms with van der Waals surface area (Å²) >= 11 is 0. The molecule has 1 aromatic rings. The van der Waals surface area contributed by atoms with E-state index in [0.717, 1.165) is 4.90 Å². The van der Waals surface area contributed by atoms with E-state index in [0.29, 0.717) is 0 Å². The average molecular weight is 397 g/mol. The van der Waals surface area contributed by atoms with Crippen molar-refractivity contribution in [2.45, 2.75) is 19.0 Å². The zero-order chi connectivity index (χ0) is 20.5. The van der Waals surface area contributed by atoms with Crippen LogP contribution in [0.15, 0.2) is 24.3 Å². The fourth-order valence-electron chi connectivity index (χ4n) is 3.34. The number of amides is 4. The summed E-state index contributed by atoms with van der Waals surface area (Å²) in [5, 5.41) is 1.85. The maximum absolute atomic E-state index is 12.5. The van der Waals surface area contributed by atoms with Crippen LogP contribution in [0.4, 0.5) is 13.2 Å². The minimum Gasteiger partial charge on any atom is -0.347 e. The quantitative estimate of drug-likeness (QED) is 0.774. The summed E-state index contributed by atoms with van der Waals surface area (Å²) in [4.78, 5) is 51.2. The lowest BCUT2D eigenvalue weighted by atomic mass is 9.96. The second-order valence-corrected chi connectivity index (χ2v) is 6.73. The third-order valence-corrected chi connectivity index (χ3v) is 4.85. The minimum atomic E-state index is -4.47. The molecule has 0 bridgehead atoms. The summed E-state index contributed by atoms with van der Waals surface area (Å²) in [5.74, 6) is -2.80. The zero-order valence-electron chi connectivity index (χ0n) is 14.8. The van der Waals surface area contributed by atoms with E-state index in [1.54, 1.807) is 12.1 Å². The van der Waals surface area contributed by atoms with Crippen molar-refractivity contribution in [3.63, 3.8) is 0 Å². The van der Waals surface area contributed by atoms with E-state index in [4.69, 9.17) is 0 Å². The molecule has 10 heteroatoms. The molecule has 0 aromatic heterocycles. The van der Waals surface area contributed by atoms with Gasteiger partial charge in [0, 0.05) is 19.0 Å². The molecule has 7 nitrogen and oxygen atoms in total. The molecule has 4 amide bonds. The van der Waals surface area contributed by atoms with E-state index in [1.807, 2.05) is 5.32 Å². The van der Waals surface area contributed by atoms with Gasteiger partial charge < -0.3 is 10.2 Å². The summed E-state index contributed by atoms with van der Waals surface area (Å²) in [6.45, 7) is -1.44. The smallest absolute Gasteiger partial charge is 0.347 e. The Kier molecular flexibility index (Phi) is 5.39. The number of benzene rings is 1. The van der Waals surface area contributed by atoms with Crippen LogP contribution in [0.3, 0.4) is 0 Å². The van der Waals surface area contributed by atoms with E-state index in [-0.39, 0.29) is 37.1 Å². The predicted molar refractivity (Wildman–Crippen MR) is 90.2 cm³/mol. The first-order chi connectivity index (χ1) is 13.2. The predicted octanol–water partition coefficient (Wildman–Crippen LogP) is 1.20. The fourth-order valence-corrected chi connectivity index (χ4v) is 3.34. The van der Waals surface area contributed by atoms with Crippen LogP contribution in [-0.2, 0) is 9.59 Å². The Bertz CT molecular complexity index is 782. The van der Waals surface area contributed by atoms with Crippen LogP contribution in [-0.4, -0.2) is 65.8 Å². The highest BCUT2D eigenvalue weighted by atomic mass is 19.4. The van der Waals surface area contributed by atoms with Crippen molar-refractivity contribution in [3.8, 4) is 0 Å². The summed E-state index contributed by atoms with van der Waals surface area (Å²) in [5.41, 5.74) is 0.501. The van der Waals surface area contributed by atoms with Gasteiger partial charge in [0.15, 0.2) is 0 Å². The number of carbonyl (C=O) groups is 4. The molecule has 0 atom stereocenters. The van der Waals surface area contributed by atoms with Crippen LogP contribution in [0.1, 0.15) is 33.6 Å².